The second kappa shape index (κ2) is 5.77. The summed E-state index contributed by atoms with van der Waals surface area (Å²) in [5.41, 5.74) is 0.921. The summed E-state index contributed by atoms with van der Waals surface area (Å²) in [6, 6.07) is 9.39. The number of ether oxygens (including phenoxy) is 2. The van der Waals surface area contributed by atoms with Crippen molar-refractivity contribution in [3.63, 3.8) is 0 Å². The number of aliphatic hydroxyl groups excluding tert-OH is 3. The molecule has 100 valence electrons. The van der Waals surface area contributed by atoms with E-state index in [1.54, 1.807) is 6.92 Å². The first-order chi connectivity index (χ1) is 8.59. The Bertz CT molecular complexity index is 369. The minimum Gasteiger partial charge on any atom is -0.388 e. The molecule has 0 spiro atoms. The predicted molar refractivity (Wildman–Crippen MR) is 63.6 cm³/mol. The summed E-state index contributed by atoms with van der Waals surface area (Å²) in [6.45, 7) is 1.83. The second-order valence-corrected chi connectivity index (χ2v) is 4.47. The van der Waals surface area contributed by atoms with Gasteiger partial charge in [0, 0.05) is 0 Å². The van der Waals surface area contributed by atoms with E-state index in [9.17, 15) is 15.3 Å². The molecule has 18 heavy (non-hydrogen) atoms. The van der Waals surface area contributed by atoms with Crippen molar-refractivity contribution >= 4 is 0 Å². The Kier molecular flexibility index (Phi) is 4.31. The summed E-state index contributed by atoms with van der Waals surface area (Å²) in [7, 11) is 0. The van der Waals surface area contributed by atoms with Gasteiger partial charge in [-0.3, -0.25) is 0 Å². The fourth-order valence-electron chi connectivity index (χ4n) is 1.97. The van der Waals surface area contributed by atoms with Gasteiger partial charge in [-0.25, -0.2) is 0 Å². The lowest BCUT2D eigenvalue weighted by Crippen LogP contribution is -2.57. The van der Waals surface area contributed by atoms with Gasteiger partial charge in [0.2, 0.25) is 0 Å². The van der Waals surface area contributed by atoms with E-state index in [0.29, 0.717) is 0 Å². The highest BCUT2D eigenvalue weighted by molar-refractivity contribution is 5.13. The molecule has 1 aliphatic heterocycles. The lowest BCUT2D eigenvalue weighted by Gasteiger charge is -2.39. The number of aliphatic hydroxyl groups is 3. The summed E-state index contributed by atoms with van der Waals surface area (Å²) in [6.07, 6.45) is -5.02. The zero-order valence-electron chi connectivity index (χ0n) is 10.1. The van der Waals surface area contributed by atoms with Crippen molar-refractivity contribution < 1.29 is 24.8 Å². The van der Waals surface area contributed by atoms with E-state index in [1.807, 2.05) is 30.3 Å². The van der Waals surface area contributed by atoms with Crippen LogP contribution >= 0.6 is 0 Å². The van der Waals surface area contributed by atoms with E-state index in [2.05, 4.69) is 0 Å². The molecule has 0 saturated carbocycles. The van der Waals surface area contributed by atoms with Crippen LogP contribution in [-0.4, -0.2) is 46.0 Å². The number of rotatable bonds is 3. The van der Waals surface area contributed by atoms with Gasteiger partial charge in [0.1, 0.15) is 18.3 Å². The molecule has 5 nitrogen and oxygen atoms in total. The average molecular weight is 254 g/mol. The Morgan fingerprint density at radius 3 is 2.44 bits per heavy atom. The second-order valence-electron chi connectivity index (χ2n) is 4.47. The van der Waals surface area contributed by atoms with E-state index in [0.717, 1.165) is 5.56 Å². The first kappa shape index (κ1) is 13.5. The normalized spacial score (nSPS) is 36.6. The number of hydrogen-bond acceptors (Lipinski definition) is 5. The Labute approximate surface area is 106 Å². The van der Waals surface area contributed by atoms with Gasteiger partial charge in [-0.2, -0.15) is 0 Å². The van der Waals surface area contributed by atoms with Gasteiger partial charge in [0.15, 0.2) is 6.29 Å². The van der Waals surface area contributed by atoms with Crippen LogP contribution in [0.1, 0.15) is 12.5 Å². The van der Waals surface area contributed by atoms with Crippen LogP contribution in [0.3, 0.4) is 0 Å². The van der Waals surface area contributed by atoms with Crippen LogP contribution in [0.4, 0.5) is 0 Å². The molecule has 5 atom stereocenters. The Balaban J connectivity index is 1.96. The first-order valence-corrected chi connectivity index (χ1v) is 5.95. The number of hydrogen-bond donors (Lipinski definition) is 3. The molecule has 1 aromatic rings. The molecule has 5 heteroatoms. The third kappa shape index (κ3) is 2.88. The highest BCUT2D eigenvalue weighted by Crippen LogP contribution is 2.22. The number of benzene rings is 1. The molecule has 1 saturated heterocycles. The fraction of sp³-hybridized carbons (Fsp3) is 0.538. The maximum absolute atomic E-state index is 9.84. The quantitative estimate of drug-likeness (QED) is 0.709. The SMILES string of the molecule is CC1O[C@@H](O)C(OCc2ccccc2)C(O)[C@@H]1O. The van der Waals surface area contributed by atoms with Gasteiger partial charge in [-0.15, -0.1) is 0 Å². The van der Waals surface area contributed by atoms with Gasteiger partial charge < -0.3 is 24.8 Å². The summed E-state index contributed by atoms with van der Waals surface area (Å²) in [4.78, 5) is 0. The summed E-state index contributed by atoms with van der Waals surface area (Å²) in [5, 5.41) is 29.2. The molecule has 2 rings (SSSR count). The third-order valence-electron chi connectivity index (χ3n) is 3.09. The summed E-state index contributed by atoms with van der Waals surface area (Å²) < 4.78 is 10.5. The molecule has 1 fully saturated rings. The van der Waals surface area contributed by atoms with Gasteiger partial charge in [-0.1, -0.05) is 30.3 Å². The fourth-order valence-corrected chi connectivity index (χ4v) is 1.97. The molecule has 1 heterocycles. The van der Waals surface area contributed by atoms with E-state index >= 15 is 0 Å². The van der Waals surface area contributed by atoms with Crippen LogP contribution in [-0.2, 0) is 16.1 Å². The zero-order valence-corrected chi connectivity index (χ0v) is 10.1. The predicted octanol–water partition coefficient (Wildman–Crippen LogP) is 0.0307. The maximum atomic E-state index is 9.84. The lowest BCUT2D eigenvalue weighted by molar-refractivity contribution is -0.290. The van der Waals surface area contributed by atoms with E-state index < -0.39 is 30.7 Å². The Morgan fingerprint density at radius 1 is 1.11 bits per heavy atom. The molecule has 1 aromatic carbocycles. The van der Waals surface area contributed by atoms with Crippen LogP contribution in [0.15, 0.2) is 30.3 Å². The van der Waals surface area contributed by atoms with Crippen LogP contribution in [0.2, 0.25) is 0 Å². The van der Waals surface area contributed by atoms with Crippen LogP contribution in [0, 0.1) is 0 Å². The van der Waals surface area contributed by atoms with Crippen molar-refractivity contribution in [2.45, 2.75) is 44.2 Å². The highest BCUT2D eigenvalue weighted by atomic mass is 16.7. The molecule has 3 N–H and O–H groups in total. The molecule has 0 aliphatic carbocycles. The van der Waals surface area contributed by atoms with Gasteiger partial charge in [0.05, 0.1) is 12.7 Å². The van der Waals surface area contributed by atoms with E-state index in [4.69, 9.17) is 9.47 Å². The minimum absolute atomic E-state index is 0.240. The van der Waals surface area contributed by atoms with E-state index in [1.165, 1.54) is 0 Å². The first-order valence-electron chi connectivity index (χ1n) is 5.95. The van der Waals surface area contributed by atoms with Crippen LogP contribution in [0.25, 0.3) is 0 Å². The van der Waals surface area contributed by atoms with Gasteiger partial charge in [-0.05, 0) is 12.5 Å². The molecule has 0 aromatic heterocycles. The maximum Gasteiger partial charge on any atom is 0.184 e. The van der Waals surface area contributed by atoms with Crippen molar-refractivity contribution in [1.29, 1.82) is 0 Å². The standard InChI is InChI=1S/C13H18O5/c1-8-10(14)11(15)12(13(16)18-8)17-7-9-5-3-2-4-6-9/h2-6,8,10-16H,7H2,1H3/t8?,10-,11?,12?,13-/m1/s1. The van der Waals surface area contributed by atoms with Crippen molar-refractivity contribution in [2.24, 2.45) is 0 Å². The van der Waals surface area contributed by atoms with Crippen molar-refractivity contribution in [1.82, 2.24) is 0 Å². The van der Waals surface area contributed by atoms with Gasteiger partial charge in [0.25, 0.3) is 0 Å². The van der Waals surface area contributed by atoms with Crippen molar-refractivity contribution in [2.75, 3.05) is 0 Å². The molecular weight excluding hydrogens is 236 g/mol. The summed E-state index contributed by atoms with van der Waals surface area (Å²) in [5.74, 6) is 0. The molecule has 0 amide bonds. The van der Waals surface area contributed by atoms with Crippen LogP contribution in [0.5, 0.6) is 0 Å². The van der Waals surface area contributed by atoms with Crippen molar-refractivity contribution in [3.8, 4) is 0 Å². The molecule has 0 bridgehead atoms. The minimum atomic E-state index is -1.23. The van der Waals surface area contributed by atoms with Crippen LogP contribution < -0.4 is 0 Å². The highest BCUT2D eigenvalue weighted by Gasteiger charge is 2.42. The third-order valence-corrected chi connectivity index (χ3v) is 3.09. The largest absolute Gasteiger partial charge is 0.388 e. The Morgan fingerprint density at radius 2 is 1.78 bits per heavy atom. The van der Waals surface area contributed by atoms with Gasteiger partial charge >= 0.3 is 0 Å². The smallest absolute Gasteiger partial charge is 0.184 e. The van der Waals surface area contributed by atoms with Crippen molar-refractivity contribution in [3.05, 3.63) is 35.9 Å². The molecular formula is C13H18O5. The summed E-state index contributed by atoms with van der Waals surface area (Å²) >= 11 is 0. The average Bonchev–Trinajstić information content (AvgIpc) is 2.37. The molecule has 3 unspecified atom stereocenters. The van der Waals surface area contributed by atoms with E-state index in [-0.39, 0.29) is 6.61 Å². The molecule has 0 radical (unpaired) electrons. The lowest BCUT2D eigenvalue weighted by atomic mass is 10.00. The zero-order chi connectivity index (χ0) is 13.1. The monoisotopic (exact) mass is 254 g/mol. The topological polar surface area (TPSA) is 79.2 Å². The Hall–Kier alpha value is -0.980. The molecule has 1 aliphatic rings.